The maximum Gasteiger partial charge on any atom is 0.160 e. The van der Waals surface area contributed by atoms with Gasteiger partial charge in [0.1, 0.15) is 0 Å². The Bertz CT molecular complexity index is 380. The highest BCUT2D eigenvalue weighted by molar-refractivity contribution is 5.97. The molecule has 1 saturated carbocycles. The molecule has 0 spiro atoms. The van der Waals surface area contributed by atoms with Crippen LogP contribution in [-0.4, -0.2) is 12.8 Å². The van der Waals surface area contributed by atoms with Gasteiger partial charge in [0.25, 0.3) is 0 Å². The summed E-state index contributed by atoms with van der Waals surface area (Å²) >= 11 is 0. The Morgan fingerprint density at radius 2 is 2.20 bits per heavy atom. The van der Waals surface area contributed by atoms with Gasteiger partial charge in [-0.05, 0) is 43.9 Å². The molecule has 0 atom stereocenters. The second kappa shape index (κ2) is 4.15. The normalized spacial score (nSPS) is 15.3. The summed E-state index contributed by atoms with van der Waals surface area (Å²) in [5, 5.41) is 3.11. The fraction of sp³-hybridized carbons (Fsp3) is 0.462. The third-order valence-corrected chi connectivity index (χ3v) is 2.92. The number of ketones is 1. The van der Waals surface area contributed by atoms with Crippen molar-refractivity contribution >= 4 is 5.78 Å². The van der Waals surface area contributed by atoms with Gasteiger partial charge in [-0.2, -0.15) is 0 Å². The number of nitrogens with one attached hydrogen (secondary N) is 1. The van der Waals surface area contributed by atoms with Crippen LogP contribution in [0, 0.1) is 0 Å². The predicted molar refractivity (Wildman–Crippen MR) is 61.2 cm³/mol. The van der Waals surface area contributed by atoms with Gasteiger partial charge in [0.05, 0.1) is 0 Å². The van der Waals surface area contributed by atoms with E-state index in [1.807, 2.05) is 13.1 Å². The Morgan fingerprint density at radius 3 is 2.73 bits per heavy atom. The molecule has 0 aromatic heterocycles. The predicted octanol–water partition coefficient (Wildman–Crippen LogP) is 2.49. The number of Topliss-reactive ketones (excluding diaryl/α,β-unsaturated/α-hetero) is 1. The van der Waals surface area contributed by atoms with Gasteiger partial charge >= 0.3 is 0 Å². The topological polar surface area (TPSA) is 29.1 Å². The van der Waals surface area contributed by atoms with Gasteiger partial charge in [-0.25, -0.2) is 0 Å². The Labute approximate surface area is 90.7 Å². The molecule has 0 saturated heterocycles. The summed E-state index contributed by atoms with van der Waals surface area (Å²) in [6.07, 6.45) is 2.48. The molecule has 0 unspecified atom stereocenters. The Balaban J connectivity index is 2.44. The Hall–Kier alpha value is -1.15. The summed E-state index contributed by atoms with van der Waals surface area (Å²) in [7, 11) is 1.91. The van der Waals surface area contributed by atoms with Gasteiger partial charge in [0, 0.05) is 12.1 Å². The first-order valence-electron chi connectivity index (χ1n) is 5.51. The molecule has 1 aliphatic rings. The number of rotatable bonds is 4. The van der Waals surface area contributed by atoms with E-state index in [9.17, 15) is 4.79 Å². The van der Waals surface area contributed by atoms with E-state index < -0.39 is 0 Å². The molecule has 80 valence electrons. The lowest BCUT2D eigenvalue weighted by Crippen LogP contribution is -2.11. The van der Waals surface area contributed by atoms with Crippen LogP contribution < -0.4 is 5.32 Å². The molecular formula is C13H17NO. The maximum atomic E-state index is 11.7. The van der Waals surface area contributed by atoms with E-state index in [0.29, 0.717) is 5.92 Å². The van der Waals surface area contributed by atoms with Crippen LogP contribution in [0.4, 0.5) is 0 Å². The van der Waals surface area contributed by atoms with Crippen LogP contribution in [0.25, 0.3) is 0 Å². The summed E-state index contributed by atoms with van der Waals surface area (Å²) in [5.41, 5.74) is 3.35. The zero-order valence-electron chi connectivity index (χ0n) is 9.34. The van der Waals surface area contributed by atoms with Crippen molar-refractivity contribution < 1.29 is 4.79 Å². The van der Waals surface area contributed by atoms with E-state index in [1.54, 1.807) is 6.92 Å². The highest BCUT2D eigenvalue weighted by atomic mass is 16.1. The highest BCUT2D eigenvalue weighted by Crippen LogP contribution is 2.42. The van der Waals surface area contributed by atoms with Crippen molar-refractivity contribution in [1.29, 1.82) is 0 Å². The quantitative estimate of drug-likeness (QED) is 0.762. The van der Waals surface area contributed by atoms with Crippen LogP contribution in [0.1, 0.15) is 47.2 Å². The van der Waals surface area contributed by atoms with Crippen LogP contribution in [-0.2, 0) is 6.54 Å². The fourth-order valence-electron chi connectivity index (χ4n) is 2.12. The van der Waals surface area contributed by atoms with Crippen molar-refractivity contribution in [2.45, 2.75) is 32.2 Å². The molecule has 0 amide bonds. The Kier molecular flexibility index (Phi) is 2.87. The van der Waals surface area contributed by atoms with E-state index in [0.717, 1.165) is 17.7 Å². The molecule has 1 fully saturated rings. The van der Waals surface area contributed by atoms with Crippen LogP contribution in [0.5, 0.6) is 0 Å². The van der Waals surface area contributed by atoms with E-state index in [1.165, 1.54) is 18.4 Å². The smallest absolute Gasteiger partial charge is 0.160 e. The third-order valence-electron chi connectivity index (χ3n) is 2.92. The molecule has 15 heavy (non-hydrogen) atoms. The van der Waals surface area contributed by atoms with Crippen molar-refractivity contribution in [2.75, 3.05) is 7.05 Å². The van der Waals surface area contributed by atoms with Crippen LogP contribution in [0.15, 0.2) is 18.2 Å². The maximum absolute atomic E-state index is 11.7. The van der Waals surface area contributed by atoms with Crippen molar-refractivity contribution in [2.24, 2.45) is 0 Å². The molecule has 1 aromatic rings. The summed E-state index contributed by atoms with van der Waals surface area (Å²) in [5.74, 6) is 0.837. The molecule has 2 nitrogen and oxygen atoms in total. The molecule has 2 heteroatoms. The molecule has 0 radical (unpaired) electrons. The van der Waals surface area contributed by atoms with Crippen LogP contribution in [0.3, 0.4) is 0 Å². The number of carbonyl (C=O) groups excluding carboxylic acids is 1. The third kappa shape index (κ3) is 2.10. The zero-order chi connectivity index (χ0) is 10.8. The minimum Gasteiger partial charge on any atom is -0.316 e. The van der Waals surface area contributed by atoms with E-state index in [-0.39, 0.29) is 5.78 Å². The standard InChI is InChI=1S/C13H17NO/c1-9(15)13-11(8-14-2)4-3-5-12(13)10-6-7-10/h3-5,10,14H,6-8H2,1-2H3. The van der Waals surface area contributed by atoms with E-state index in [2.05, 4.69) is 17.4 Å². The van der Waals surface area contributed by atoms with Gasteiger partial charge in [0.2, 0.25) is 0 Å². The summed E-state index contributed by atoms with van der Waals surface area (Å²) in [6, 6.07) is 6.21. The molecule has 1 aromatic carbocycles. The number of benzene rings is 1. The van der Waals surface area contributed by atoms with Gasteiger partial charge < -0.3 is 5.32 Å². The number of carbonyl (C=O) groups is 1. The molecule has 0 aliphatic heterocycles. The Morgan fingerprint density at radius 1 is 1.47 bits per heavy atom. The van der Waals surface area contributed by atoms with Crippen molar-refractivity contribution in [3.63, 3.8) is 0 Å². The summed E-state index contributed by atoms with van der Waals surface area (Å²) in [4.78, 5) is 11.7. The molecule has 1 N–H and O–H groups in total. The summed E-state index contributed by atoms with van der Waals surface area (Å²) < 4.78 is 0. The minimum atomic E-state index is 0.197. The molecule has 0 heterocycles. The van der Waals surface area contributed by atoms with Gasteiger partial charge in [-0.3, -0.25) is 4.79 Å². The molecular weight excluding hydrogens is 186 g/mol. The first kappa shape index (κ1) is 10.4. The van der Waals surface area contributed by atoms with Crippen molar-refractivity contribution in [3.05, 3.63) is 34.9 Å². The minimum absolute atomic E-state index is 0.197. The second-order valence-corrected chi connectivity index (χ2v) is 4.24. The van der Waals surface area contributed by atoms with Crippen LogP contribution >= 0.6 is 0 Å². The SMILES string of the molecule is CNCc1cccc(C2CC2)c1C(C)=O. The van der Waals surface area contributed by atoms with Gasteiger partial charge in [-0.1, -0.05) is 18.2 Å². The van der Waals surface area contributed by atoms with Gasteiger partial charge in [0.15, 0.2) is 5.78 Å². The first-order valence-corrected chi connectivity index (χ1v) is 5.51. The fourth-order valence-corrected chi connectivity index (χ4v) is 2.12. The lowest BCUT2D eigenvalue weighted by Gasteiger charge is -2.11. The number of hydrogen-bond acceptors (Lipinski definition) is 2. The first-order chi connectivity index (χ1) is 7.24. The second-order valence-electron chi connectivity index (χ2n) is 4.24. The van der Waals surface area contributed by atoms with Crippen molar-refractivity contribution in [1.82, 2.24) is 5.32 Å². The van der Waals surface area contributed by atoms with Gasteiger partial charge in [-0.15, -0.1) is 0 Å². The number of hydrogen-bond donors (Lipinski definition) is 1. The molecule has 2 rings (SSSR count). The monoisotopic (exact) mass is 203 g/mol. The highest BCUT2D eigenvalue weighted by Gasteiger charge is 2.27. The van der Waals surface area contributed by atoms with E-state index in [4.69, 9.17) is 0 Å². The average Bonchev–Trinajstić information content (AvgIpc) is 3.00. The van der Waals surface area contributed by atoms with Crippen LogP contribution in [0.2, 0.25) is 0 Å². The lowest BCUT2D eigenvalue weighted by atomic mass is 9.95. The average molecular weight is 203 g/mol. The lowest BCUT2D eigenvalue weighted by molar-refractivity contribution is 0.101. The summed E-state index contributed by atoms with van der Waals surface area (Å²) in [6.45, 7) is 2.44. The largest absolute Gasteiger partial charge is 0.316 e. The zero-order valence-corrected chi connectivity index (χ0v) is 9.34. The van der Waals surface area contributed by atoms with E-state index >= 15 is 0 Å². The van der Waals surface area contributed by atoms with Crippen molar-refractivity contribution in [3.8, 4) is 0 Å². The molecule has 0 bridgehead atoms. The molecule has 1 aliphatic carbocycles.